The van der Waals surface area contributed by atoms with E-state index in [9.17, 15) is 4.39 Å². The molecular weight excluding hydrogens is 411 g/mol. The Morgan fingerprint density at radius 1 is 1.14 bits per heavy atom. The number of hydrogen-bond acceptors (Lipinski definition) is 7. The molecule has 9 heteroatoms. The Kier molecular flexibility index (Phi) is 5.54. The van der Waals surface area contributed by atoms with Crippen molar-refractivity contribution in [1.82, 2.24) is 4.90 Å². The first-order valence-corrected chi connectivity index (χ1v) is 10.3. The maximum Gasteiger partial charge on any atom is 0.150 e. The number of thioether (sulfide) groups is 1. The molecule has 0 fully saturated rings. The van der Waals surface area contributed by atoms with Crippen LogP contribution in [0.1, 0.15) is 5.56 Å². The van der Waals surface area contributed by atoms with Gasteiger partial charge in [0.25, 0.3) is 0 Å². The maximum absolute atomic E-state index is 13.5. The van der Waals surface area contributed by atoms with Crippen LogP contribution in [0.4, 0.5) is 15.8 Å². The molecule has 0 saturated carbocycles. The van der Waals surface area contributed by atoms with E-state index in [-0.39, 0.29) is 10.5 Å². The van der Waals surface area contributed by atoms with Crippen LogP contribution in [0.3, 0.4) is 0 Å². The Morgan fingerprint density at radius 2 is 1.83 bits per heavy atom. The van der Waals surface area contributed by atoms with E-state index in [1.165, 1.54) is 29.5 Å². The highest BCUT2D eigenvalue weighted by Crippen LogP contribution is 2.43. The highest BCUT2D eigenvalue weighted by molar-refractivity contribution is 8.04. The van der Waals surface area contributed by atoms with E-state index in [1.807, 2.05) is 31.1 Å². The Bertz CT molecular complexity index is 977. The molecule has 0 spiro atoms. The molecule has 2 unspecified atom stereocenters. The summed E-state index contributed by atoms with van der Waals surface area (Å²) in [5, 5.41) is 0.0399. The van der Waals surface area contributed by atoms with Crippen molar-refractivity contribution >= 4 is 41.1 Å². The lowest BCUT2D eigenvalue weighted by Gasteiger charge is -2.31. The van der Waals surface area contributed by atoms with E-state index in [0.29, 0.717) is 5.69 Å². The number of nitrogens with zero attached hydrogens (tertiary/aromatic N) is 4. The van der Waals surface area contributed by atoms with Crippen molar-refractivity contribution in [3.8, 4) is 0 Å². The van der Waals surface area contributed by atoms with Crippen molar-refractivity contribution in [3.05, 3.63) is 69.6 Å². The summed E-state index contributed by atoms with van der Waals surface area (Å²) in [6.07, 6.45) is 1.15. The minimum Gasteiger partial charge on any atom is -0.312 e. The van der Waals surface area contributed by atoms with Crippen LogP contribution in [0.15, 0.2) is 58.2 Å². The molecule has 29 heavy (non-hydrogen) atoms. The van der Waals surface area contributed by atoms with Crippen LogP contribution in [-0.2, 0) is 6.54 Å². The Morgan fingerprint density at radius 3 is 2.48 bits per heavy atom. The van der Waals surface area contributed by atoms with Crippen LogP contribution < -0.4 is 21.3 Å². The summed E-state index contributed by atoms with van der Waals surface area (Å²) in [5.74, 6) is 0.263. The van der Waals surface area contributed by atoms with Gasteiger partial charge in [0.1, 0.15) is 23.3 Å². The monoisotopic (exact) mass is 432 g/mol. The highest BCUT2D eigenvalue weighted by Gasteiger charge is 2.38. The molecule has 2 aliphatic rings. The minimum absolute atomic E-state index is 0.0399. The third-order valence-corrected chi connectivity index (χ3v) is 6.16. The van der Waals surface area contributed by atoms with Gasteiger partial charge in [0, 0.05) is 17.9 Å². The van der Waals surface area contributed by atoms with E-state index >= 15 is 0 Å². The van der Waals surface area contributed by atoms with Crippen LogP contribution >= 0.6 is 23.4 Å². The molecular formula is C20H22ClFN6S. The Labute approximate surface area is 178 Å². The first-order chi connectivity index (χ1) is 13.8. The molecule has 6 nitrogen and oxygen atoms in total. The van der Waals surface area contributed by atoms with Gasteiger partial charge in [-0.25, -0.2) is 9.38 Å². The molecule has 0 bridgehead atoms. The molecule has 2 heterocycles. The summed E-state index contributed by atoms with van der Waals surface area (Å²) < 4.78 is 13.5. The molecule has 2 atom stereocenters. The lowest BCUT2D eigenvalue weighted by atomic mass is 10.2. The van der Waals surface area contributed by atoms with Crippen molar-refractivity contribution in [2.75, 3.05) is 23.9 Å². The second-order valence-corrected chi connectivity index (χ2v) is 8.73. The standard InChI is InChI=1S/C20H22ClFN6S/c1-26(2)10-12-3-5-13(6-4-12)28-19-17(29-20(28)24)18(23)27(11-25-19)14-7-8-16(22)15(21)9-14/h3-9,11,18,20H,10,23-24H2,1-2H3. The van der Waals surface area contributed by atoms with Gasteiger partial charge in [-0.15, -0.1) is 0 Å². The number of benzene rings is 2. The molecule has 4 rings (SSSR count). The van der Waals surface area contributed by atoms with E-state index in [1.54, 1.807) is 17.3 Å². The number of rotatable bonds is 4. The molecule has 4 N–H and O–H groups in total. The summed E-state index contributed by atoms with van der Waals surface area (Å²) in [5.41, 5.74) is 15.4. The summed E-state index contributed by atoms with van der Waals surface area (Å²) in [7, 11) is 4.08. The van der Waals surface area contributed by atoms with Crippen molar-refractivity contribution in [2.24, 2.45) is 16.5 Å². The van der Waals surface area contributed by atoms with Crippen molar-refractivity contribution in [3.63, 3.8) is 0 Å². The van der Waals surface area contributed by atoms with Crippen LogP contribution in [0.5, 0.6) is 0 Å². The fraction of sp³-hybridized carbons (Fsp3) is 0.250. The van der Waals surface area contributed by atoms with E-state index in [2.05, 4.69) is 22.0 Å². The molecule has 0 aromatic heterocycles. The lowest BCUT2D eigenvalue weighted by Crippen LogP contribution is -2.44. The second-order valence-electron chi connectivity index (χ2n) is 7.17. The fourth-order valence-corrected chi connectivity index (χ4v) is 4.66. The van der Waals surface area contributed by atoms with Gasteiger partial charge in [0.15, 0.2) is 0 Å². The molecule has 2 aromatic rings. The quantitative estimate of drug-likeness (QED) is 0.771. The zero-order chi connectivity index (χ0) is 20.7. The number of aliphatic imine (C=N–C) groups is 1. The molecule has 0 radical (unpaired) electrons. The second kappa shape index (κ2) is 7.97. The van der Waals surface area contributed by atoms with Gasteiger partial charge in [-0.2, -0.15) is 0 Å². The maximum atomic E-state index is 13.5. The fourth-order valence-electron chi connectivity index (χ4n) is 3.39. The normalized spacial score (nSPS) is 21.3. The van der Waals surface area contributed by atoms with Gasteiger partial charge < -0.3 is 21.3 Å². The molecule has 2 aliphatic heterocycles. The average molecular weight is 433 g/mol. The molecule has 0 saturated heterocycles. The van der Waals surface area contributed by atoms with Crippen molar-refractivity contribution in [2.45, 2.75) is 18.2 Å². The van der Waals surface area contributed by atoms with E-state index in [0.717, 1.165) is 23.0 Å². The van der Waals surface area contributed by atoms with Crippen LogP contribution in [-0.4, -0.2) is 37.0 Å². The van der Waals surface area contributed by atoms with Crippen LogP contribution in [0.25, 0.3) is 0 Å². The zero-order valence-electron chi connectivity index (χ0n) is 16.1. The van der Waals surface area contributed by atoms with E-state index < -0.39 is 12.0 Å². The van der Waals surface area contributed by atoms with Crippen LogP contribution in [0.2, 0.25) is 5.02 Å². The largest absolute Gasteiger partial charge is 0.312 e. The summed E-state index contributed by atoms with van der Waals surface area (Å²) in [4.78, 5) is 11.3. The first-order valence-electron chi connectivity index (χ1n) is 9.07. The third-order valence-electron chi connectivity index (χ3n) is 4.74. The molecule has 2 aromatic carbocycles. The molecule has 0 amide bonds. The van der Waals surface area contributed by atoms with Crippen molar-refractivity contribution < 1.29 is 4.39 Å². The molecule has 0 aliphatic carbocycles. The number of halogens is 2. The number of hydrogen-bond donors (Lipinski definition) is 2. The minimum atomic E-state index is -0.488. The average Bonchev–Trinajstić information content (AvgIpc) is 3.02. The van der Waals surface area contributed by atoms with Crippen LogP contribution in [0, 0.1) is 5.82 Å². The SMILES string of the molecule is CN(C)Cc1ccc(N2C3=C(SC2N)C(N)N(c2ccc(F)c(Cl)c2)C=N3)cc1. The van der Waals surface area contributed by atoms with Gasteiger partial charge in [-0.3, -0.25) is 4.90 Å². The van der Waals surface area contributed by atoms with E-state index in [4.69, 9.17) is 23.1 Å². The zero-order valence-corrected chi connectivity index (χ0v) is 17.7. The van der Waals surface area contributed by atoms with Gasteiger partial charge in [-0.1, -0.05) is 35.5 Å². The van der Waals surface area contributed by atoms with Gasteiger partial charge in [0.05, 0.1) is 16.3 Å². The lowest BCUT2D eigenvalue weighted by molar-refractivity contribution is 0.402. The third kappa shape index (κ3) is 3.86. The summed E-state index contributed by atoms with van der Waals surface area (Å²) in [6, 6.07) is 12.7. The van der Waals surface area contributed by atoms with Gasteiger partial charge in [-0.05, 0) is 50.0 Å². The summed E-state index contributed by atoms with van der Waals surface area (Å²) >= 11 is 7.40. The van der Waals surface area contributed by atoms with Gasteiger partial charge in [0.2, 0.25) is 0 Å². The highest BCUT2D eigenvalue weighted by atomic mass is 35.5. The topological polar surface area (TPSA) is 74.1 Å². The predicted octanol–water partition coefficient (Wildman–Crippen LogP) is 3.34. The molecule has 152 valence electrons. The smallest absolute Gasteiger partial charge is 0.150 e. The Balaban J connectivity index is 1.61. The first kappa shape index (κ1) is 20.2. The van der Waals surface area contributed by atoms with Crippen molar-refractivity contribution in [1.29, 1.82) is 0 Å². The summed E-state index contributed by atoms with van der Waals surface area (Å²) in [6.45, 7) is 0.868. The Hall–Kier alpha value is -2.10. The number of nitrogens with two attached hydrogens (primary N) is 2. The predicted molar refractivity (Wildman–Crippen MR) is 119 cm³/mol. The van der Waals surface area contributed by atoms with Gasteiger partial charge >= 0.3 is 0 Å². The number of anilines is 2.